The van der Waals surface area contributed by atoms with Crippen molar-refractivity contribution in [3.8, 4) is 0 Å². The van der Waals surface area contributed by atoms with Crippen LogP contribution in [0.4, 0.5) is 0 Å². The van der Waals surface area contributed by atoms with Crippen LogP contribution >= 0.6 is 11.8 Å². The van der Waals surface area contributed by atoms with Gasteiger partial charge in [-0.05, 0) is 44.3 Å². The van der Waals surface area contributed by atoms with Gasteiger partial charge >= 0.3 is 0 Å². The van der Waals surface area contributed by atoms with Crippen molar-refractivity contribution in [1.29, 1.82) is 0 Å². The van der Waals surface area contributed by atoms with E-state index in [2.05, 4.69) is 11.6 Å². The van der Waals surface area contributed by atoms with Crippen LogP contribution in [0.15, 0.2) is 0 Å². The zero-order valence-electron chi connectivity index (χ0n) is 13.6. The first-order valence-corrected chi connectivity index (χ1v) is 9.43. The van der Waals surface area contributed by atoms with Crippen molar-refractivity contribution < 1.29 is 9.59 Å². The van der Waals surface area contributed by atoms with Crippen molar-refractivity contribution in [3.63, 3.8) is 0 Å². The van der Waals surface area contributed by atoms with Crippen LogP contribution in [0.25, 0.3) is 0 Å². The van der Waals surface area contributed by atoms with Gasteiger partial charge in [-0.1, -0.05) is 20.8 Å². The number of nitrogens with zero attached hydrogens (tertiary/aromatic N) is 1. The van der Waals surface area contributed by atoms with E-state index in [1.165, 1.54) is 0 Å². The van der Waals surface area contributed by atoms with E-state index in [-0.39, 0.29) is 35.9 Å². The van der Waals surface area contributed by atoms with Crippen LogP contribution in [0.1, 0.15) is 52.9 Å². The highest BCUT2D eigenvalue weighted by atomic mass is 32.2. The summed E-state index contributed by atoms with van der Waals surface area (Å²) in [5, 5.41) is 3.62. The first kappa shape index (κ1) is 16.7. The summed E-state index contributed by atoms with van der Waals surface area (Å²) in [7, 11) is 0. The molecule has 4 nitrogen and oxygen atoms in total. The van der Waals surface area contributed by atoms with Crippen molar-refractivity contribution in [1.82, 2.24) is 10.2 Å². The van der Waals surface area contributed by atoms with Crippen LogP contribution in [0.3, 0.4) is 0 Å². The summed E-state index contributed by atoms with van der Waals surface area (Å²) in [6, 6.07) is -0.379. The van der Waals surface area contributed by atoms with Crippen LogP contribution in [0.5, 0.6) is 0 Å². The van der Waals surface area contributed by atoms with Crippen LogP contribution < -0.4 is 5.32 Å². The number of carbonyl (C=O) groups excluding carboxylic acids is 2. The minimum Gasteiger partial charge on any atom is -0.343 e. The second-order valence-electron chi connectivity index (χ2n) is 6.57. The molecule has 0 radical (unpaired) electrons. The molecule has 2 amide bonds. The lowest BCUT2D eigenvalue weighted by atomic mass is 9.88. The molecule has 1 heterocycles. The second kappa shape index (κ2) is 7.03. The van der Waals surface area contributed by atoms with Crippen LogP contribution in [0, 0.1) is 5.92 Å². The van der Waals surface area contributed by atoms with Gasteiger partial charge in [0.25, 0.3) is 0 Å². The van der Waals surface area contributed by atoms with E-state index in [1.807, 2.05) is 37.4 Å². The van der Waals surface area contributed by atoms with Gasteiger partial charge in [0.05, 0.1) is 0 Å². The lowest BCUT2D eigenvalue weighted by Gasteiger charge is -2.46. The van der Waals surface area contributed by atoms with Crippen molar-refractivity contribution >= 4 is 23.6 Å². The summed E-state index contributed by atoms with van der Waals surface area (Å²) in [5.41, 5.74) is 0. The molecule has 1 aliphatic carbocycles. The standard InChI is InChI=1S/C16H28N2O2S/c1-5-13-16(20)18(14(10(2)3)15(19)17-13)11-6-8-12(21-4)9-7-11/h10-14H,5-9H2,1-4H3,(H,17,19). The predicted octanol–water partition coefficient (Wildman–Crippen LogP) is 2.42. The highest BCUT2D eigenvalue weighted by Gasteiger charge is 2.44. The molecule has 0 aromatic rings. The third-order valence-corrected chi connectivity index (χ3v) is 5.99. The number of amides is 2. The number of rotatable bonds is 4. The summed E-state index contributed by atoms with van der Waals surface area (Å²) < 4.78 is 0. The van der Waals surface area contributed by atoms with Gasteiger partial charge in [-0.15, -0.1) is 0 Å². The van der Waals surface area contributed by atoms with Crippen molar-refractivity contribution in [2.45, 2.75) is 76.3 Å². The third kappa shape index (κ3) is 3.38. The summed E-state index contributed by atoms with van der Waals surface area (Å²) in [4.78, 5) is 27.1. The Bertz CT molecular complexity index is 392. The van der Waals surface area contributed by atoms with E-state index in [4.69, 9.17) is 0 Å². The SMILES string of the molecule is CCC1NC(=O)C(C(C)C)N(C2CCC(SC)CC2)C1=O. The molecule has 2 fully saturated rings. The topological polar surface area (TPSA) is 49.4 Å². The smallest absolute Gasteiger partial charge is 0.246 e. The Labute approximate surface area is 132 Å². The zero-order chi connectivity index (χ0) is 15.6. The van der Waals surface area contributed by atoms with Crippen LogP contribution in [-0.2, 0) is 9.59 Å². The lowest BCUT2D eigenvalue weighted by Crippen LogP contribution is -2.67. The molecule has 0 aromatic heterocycles. The molecule has 1 aliphatic heterocycles. The minimum absolute atomic E-state index is 0.0310. The maximum Gasteiger partial charge on any atom is 0.246 e. The van der Waals surface area contributed by atoms with Gasteiger partial charge in [-0.3, -0.25) is 9.59 Å². The van der Waals surface area contributed by atoms with E-state index in [0.717, 1.165) is 30.9 Å². The minimum atomic E-state index is -0.328. The Balaban J connectivity index is 2.18. The number of nitrogens with one attached hydrogen (secondary N) is 1. The van der Waals surface area contributed by atoms with E-state index >= 15 is 0 Å². The molecule has 1 N–H and O–H groups in total. The zero-order valence-corrected chi connectivity index (χ0v) is 14.4. The molecular weight excluding hydrogens is 284 g/mol. The molecule has 120 valence electrons. The second-order valence-corrected chi connectivity index (χ2v) is 7.71. The molecule has 1 saturated heterocycles. The number of piperazine rings is 1. The van der Waals surface area contributed by atoms with Crippen LogP contribution in [-0.4, -0.2) is 46.3 Å². The van der Waals surface area contributed by atoms with Gasteiger partial charge in [-0.2, -0.15) is 11.8 Å². The fourth-order valence-corrected chi connectivity index (χ4v) is 4.37. The first-order chi connectivity index (χ1) is 9.99. The van der Waals surface area contributed by atoms with Gasteiger partial charge < -0.3 is 10.2 Å². The van der Waals surface area contributed by atoms with Crippen molar-refractivity contribution in [3.05, 3.63) is 0 Å². The summed E-state index contributed by atoms with van der Waals surface area (Å²) in [6.45, 7) is 6.02. The fraction of sp³-hybridized carbons (Fsp3) is 0.875. The average molecular weight is 312 g/mol. The van der Waals surface area contributed by atoms with Crippen LogP contribution in [0.2, 0.25) is 0 Å². The Hall–Kier alpha value is -0.710. The Morgan fingerprint density at radius 2 is 1.86 bits per heavy atom. The summed E-state index contributed by atoms with van der Waals surface area (Å²) >= 11 is 1.93. The summed E-state index contributed by atoms with van der Waals surface area (Å²) in [6.07, 6.45) is 7.20. The van der Waals surface area contributed by atoms with Gasteiger partial charge in [0.15, 0.2) is 0 Å². The molecular formula is C16H28N2O2S. The fourth-order valence-electron chi connectivity index (χ4n) is 3.63. The number of hydrogen-bond donors (Lipinski definition) is 1. The third-order valence-electron chi connectivity index (χ3n) is 4.85. The molecule has 0 aromatic carbocycles. The molecule has 2 unspecified atom stereocenters. The van der Waals surface area contributed by atoms with Crippen molar-refractivity contribution in [2.24, 2.45) is 5.92 Å². The Kier molecular flexibility index (Phi) is 5.58. The first-order valence-electron chi connectivity index (χ1n) is 8.14. The monoisotopic (exact) mass is 312 g/mol. The van der Waals surface area contributed by atoms with Gasteiger partial charge in [-0.25, -0.2) is 0 Å². The molecule has 1 saturated carbocycles. The van der Waals surface area contributed by atoms with Gasteiger partial charge in [0.2, 0.25) is 11.8 Å². The molecule has 2 atom stereocenters. The van der Waals surface area contributed by atoms with E-state index in [0.29, 0.717) is 6.42 Å². The normalized spacial score (nSPS) is 34.2. The van der Waals surface area contributed by atoms with E-state index in [1.54, 1.807) is 0 Å². The van der Waals surface area contributed by atoms with E-state index in [9.17, 15) is 9.59 Å². The quantitative estimate of drug-likeness (QED) is 0.867. The molecule has 0 bridgehead atoms. The largest absolute Gasteiger partial charge is 0.343 e. The Morgan fingerprint density at radius 3 is 2.33 bits per heavy atom. The average Bonchev–Trinajstić information content (AvgIpc) is 2.48. The number of carbonyl (C=O) groups is 2. The maximum absolute atomic E-state index is 12.8. The summed E-state index contributed by atoms with van der Waals surface area (Å²) in [5.74, 6) is 0.317. The molecule has 2 aliphatic rings. The predicted molar refractivity (Wildman–Crippen MR) is 87.3 cm³/mol. The molecule has 21 heavy (non-hydrogen) atoms. The highest BCUT2D eigenvalue weighted by molar-refractivity contribution is 7.99. The van der Waals surface area contributed by atoms with Gasteiger partial charge in [0.1, 0.15) is 12.1 Å². The van der Waals surface area contributed by atoms with E-state index < -0.39 is 0 Å². The number of thioether (sulfide) groups is 1. The molecule has 2 rings (SSSR count). The number of hydrogen-bond acceptors (Lipinski definition) is 3. The molecule has 0 spiro atoms. The Morgan fingerprint density at radius 1 is 1.24 bits per heavy atom. The maximum atomic E-state index is 12.8. The highest BCUT2D eigenvalue weighted by Crippen LogP contribution is 2.33. The van der Waals surface area contributed by atoms with Crippen molar-refractivity contribution in [2.75, 3.05) is 6.26 Å². The molecule has 5 heteroatoms. The lowest BCUT2D eigenvalue weighted by molar-refractivity contribution is -0.155. The van der Waals surface area contributed by atoms with Gasteiger partial charge in [0, 0.05) is 11.3 Å².